The number of carbonyl (C=O) groups excluding carboxylic acids is 1. The van der Waals surface area contributed by atoms with E-state index in [2.05, 4.69) is 22.1 Å². The van der Waals surface area contributed by atoms with E-state index >= 15 is 0 Å². The van der Waals surface area contributed by atoms with Gasteiger partial charge in [0.2, 0.25) is 0 Å². The van der Waals surface area contributed by atoms with Crippen LogP contribution >= 0.6 is 11.3 Å². The molecule has 0 bridgehead atoms. The van der Waals surface area contributed by atoms with Crippen molar-refractivity contribution in [2.24, 2.45) is 5.73 Å². The molecular weight excluding hydrogens is 270 g/mol. The maximum Gasteiger partial charge on any atom is 0.316 e. The number of urea groups is 1. The number of anilines is 2. The van der Waals surface area contributed by atoms with Gasteiger partial charge in [0.05, 0.1) is 6.04 Å². The Morgan fingerprint density at radius 1 is 1.20 bits per heavy atom. The Morgan fingerprint density at radius 3 is 2.70 bits per heavy atom. The van der Waals surface area contributed by atoms with E-state index < -0.39 is 6.03 Å². The van der Waals surface area contributed by atoms with E-state index in [1.54, 1.807) is 0 Å². The molecule has 2 aromatic rings. The van der Waals surface area contributed by atoms with Gasteiger partial charge in [-0.3, -0.25) is 0 Å². The molecule has 0 radical (unpaired) electrons. The summed E-state index contributed by atoms with van der Waals surface area (Å²) in [5.41, 5.74) is 8.29. The lowest BCUT2D eigenvalue weighted by Gasteiger charge is -2.24. The molecule has 104 valence electrons. The summed E-state index contributed by atoms with van der Waals surface area (Å²) in [4.78, 5) is 12.3. The highest BCUT2D eigenvalue weighted by Gasteiger charge is 2.20. The maximum absolute atomic E-state index is 10.8. The lowest BCUT2D eigenvalue weighted by atomic mass is 9.94. The molecule has 1 aliphatic carbocycles. The fraction of sp³-hybridized carbons (Fsp3) is 0.267. The number of benzene rings is 1. The highest BCUT2D eigenvalue weighted by Crippen LogP contribution is 2.35. The van der Waals surface area contributed by atoms with Gasteiger partial charge in [0.25, 0.3) is 0 Å². The number of thiophene rings is 1. The van der Waals surface area contributed by atoms with Gasteiger partial charge in [0.1, 0.15) is 0 Å². The molecule has 2 amide bonds. The monoisotopic (exact) mass is 287 g/mol. The number of hydrogen-bond donors (Lipinski definition) is 3. The van der Waals surface area contributed by atoms with Gasteiger partial charge >= 0.3 is 6.03 Å². The molecule has 4 nitrogen and oxygen atoms in total. The van der Waals surface area contributed by atoms with Crippen molar-refractivity contribution in [2.75, 3.05) is 10.6 Å². The van der Waals surface area contributed by atoms with Crippen LogP contribution in [0.15, 0.2) is 35.7 Å². The van der Waals surface area contributed by atoms with Crippen LogP contribution in [0.3, 0.4) is 0 Å². The average molecular weight is 287 g/mol. The van der Waals surface area contributed by atoms with Gasteiger partial charge in [-0.25, -0.2) is 4.79 Å². The van der Waals surface area contributed by atoms with Crippen LogP contribution < -0.4 is 16.4 Å². The molecule has 1 aromatic carbocycles. The van der Waals surface area contributed by atoms with E-state index in [-0.39, 0.29) is 0 Å². The number of rotatable bonds is 3. The number of amides is 2. The molecule has 20 heavy (non-hydrogen) atoms. The van der Waals surface area contributed by atoms with Crippen LogP contribution in [0, 0.1) is 0 Å². The predicted molar refractivity (Wildman–Crippen MR) is 83.3 cm³/mol. The Balaban J connectivity index is 1.71. The van der Waals surface area contributed by atoms with Gasteiger partial charge in [-0.2, -0.15) is 0 Å². The van der Waals surface area contributed by atoms with Crippen molar-refractivity contribution in [2.45, 2.75) is 25.3 Å². The number of nitrogens with two attached hydrogens (primary N) is 1. The van der Waals surface area contributed by atoms with Gasteiger partial charge in [-0.1, -0.05) is 0 Å². The molecule has 3 rings (SSSR count). The fourth-order valence-corrected chi connectivity index (χ4v) is 3.62. The highest BCUT2D eigenvalue weighted by atomic mass is 32.1. The molecule has 1 aliphatic rings. The molecule has 0 spiro atoms. The summed E-state index contributed by atoms with van der Waals surface area (Å²) in [6, 6.07) is 9.70. The fourth-order valence-electron chi connectivity index (χ4n) is 2.63. The summed E-state index contributed by atoms with van der Waals surface area (Å²) in [7, 11) is 0. The molecular formula is C15H17N3OS. The van der Waals surface area contributed by atoms with Crippen molar-refractivity contribution in [1.82, 2.24) is 0 Å². The van der Waals surface area contributed by atoms with Crippen molar-refractivity contribution >= 4 is 28.7 Å². The number of fused-ring (bicyclic) bond motifs is 1. The minimum atomic E-state index is -0.541. The minimum Gasteiger partial charge on any atom is -0.378 e. The van der Waals surface area contributed by atoms with Crippen LogP contribution in [0.4, 0.5) is 16.2 Å². The Bertz CT molecular complexity index is 606. The molecule has 1 heterocycles. The van der Waals surface area contributed by atoms with Crippen molar-refractivity contribution in [3.63, 3.8) is 0 Å². The minimum absolute atomic E-state index is 0.389. The SMILES string of the molecule is NC(=O)Nc1ccc(NC2CCCc3sccc32)cc1. The summed E-state index contributed by atoms with van der Waals surface area (Å²) in [5, 5.41) is 8.30. The molecule has 1 aromatic heterocycles. The molecule has 1 atom stereocenters. The normalized spacial score (nSPS) is 17.3. The van der Waals surface area contributed by atoms with E-state index in [0.717, 1.165) is 12.1 Å². The van der Waals surface area contributed by atoms with E-state index in [0.29, 0.717) is 11.7 Å². The second kappa shape index (κ2) is 5.54. The van der Waals surface area contributed by atoms with Crippen LogP contribution in [-0.2, 0) is 6.42 Å². The van der Waals surface area contributed by atoms with Crippen molar-refractivity contribution < 1.29 is 4.79 Å². The van der Waals surface area contributed by atoms with E-state index in [1.807, 2.05) is 35.6 Å². The predicted octanol–water partition coefficient (Wildman–Crippen LogP) is 3.73. The largest absolute Gasteiger partial charge is 0.378 e. The first-order chi connectivity index (χ1) is 9.72. The first-order valence-electron chi connectivity index (χ1n) is 6.72. The zero-order chi connectivity index (χ0) is 13.9. The van der Waals surface area contributed by atoms with Gasteiger partial charge < -0.3 is 16.4 Å². The van der Waals surface area contributed by atoms with E-state index in [9.17, 15) is 4.79 Å². The standard InChI is InChI=1S/C15H17N3OS/c16-15(19)18-11-6-4-10(5-7-11)17-13-2-1-3-14-12(13)8-9-20-14/h4-9,13,17H,1-3H2,(H3,16,18,19). The molecule has 0 saturated heterocycles. The Hall–Kier alpha value is -2.01. The van der Waals surface area contributed by atoms with Crippen LogP contribution in [-0.4, -0.2) is 6.03 Å². The second-order valence-electron chi connectivity index (χ2n) is 4.95. The smallest absolute Gasteiger partial charge is 0.316 e. The first kappa shape index (κ1) is 13.0. The lowest BCUT2D eigenvalue weighted by Crippen LogP contribution is -2.19. The zero-order valence-electron chi connectivity index (χ0n) is 11.1. The third kappa shape index (κ3) is 2.77. The molecule has 5 heteroatoms. The van der Waals surface area contributed by atoms with Crippen molar-refractivity contribution in [3.8, 4) is 0 Å². The number of hydrogen-bond acceptors (Lipinski definition) is 3. The Kier molecular flexibility index (Phi) is 3.60. The number of aryl methyl sites for hydroxylation is 1. The van der Waals surface area contributed by atoms with Gasteiger partial charge in [-0.15, -0.1) is 11.3 Å². The third-order valence-electron chi connectivity index (χ3n) is 3.55. The lowest BCUT2D eigenvalue weighted by molar-refractivity contribution is 0.259. The topological polar surface area (TPSA) is 67.2 Å². The van der Waals surface area contributed by atoms with Gasteiger partial charge in [0.15, 0.2) is 0 Å². The zero-order valence-corrected chi connectivity index (χ0v) is 11.9. The van der Waals surface area contributed by atoms with E-state index in [1.165, 1.54) is 23.3 Å². The third-order valence-corrected chi connectivity index (χ3v) is 4.54. The van der Waals surface area contributed by atoms with Crippen LogP contribution in [0.1, 0.15) is 29.3 Å². The molecule has 0 fully saturated rings. The summed E-state index contributed by atoms with van der Waals surface area (Å²) in [6.07, 6.45) is 3.59. The molecule has 4 N–H and O–H groups in total. The summed E-state index contributed by atoms with van der Waals surface area (Å²) < 4.78 is 0. The number of primary amides is 1. The number of nitrogens with one attached hydrogen (secondary N) is 2. The highest BCUT2D eigenvalue weighted by molar-refractivity contribution is 7.10. The maximum atomic E-state index is 10.8. The van der Waals surface area contributed by atoms with Gasteiger partial charge in [0, 0.05) is 16.3 Å². The van der Waals surface area contributed by atoms with Crippen molar-refractivity contribution in [3.05, 3.63) is 46.2 Å². The van der Waals surface area contributed by atoms with Crippen molar-refractivity contribution in [1.29, 1.82) is 0 Å². The van der Waals surface area contributed by atoms with Gasteiger partial charge in [-0.05, 0) is 60.5 Å². The van der Waals surface area contributed by atoms with E-state index in [4.69, 9.17) is 5.73 Å². The number of carbonyl (C=O) groups is 1. The second-order valence-corrected chi connectivity index (χ2v) is 5.96. The Labute approximate surface area is 122 Å². The van der Waals surface area contributed by atoms with Crippen LogP contribution in [0.25, 0.3) is 0 Å². The Morgan fingerprint density at radius 2 is 1.95 bits per heavy atom. The molecule has 0 aliphatic heterocycles. The van der Waals surface area contributed by atoms with Crippen LogP contribution in [0.5, 0.6) is 0 Å². The summed E-state index contributed by atoms with van der Waals surface area (Å²) in [5.74, 6) is 0. The average Bonchev–Trinajstić information content (AvgIpc) is 2.90. The molecule has 0 saturated carbocycles. The first-order valence-corrected chi connectivity index (χ1v) is 7.59. The summed E-state index contributed by atoms with van der Waals surface area (Å²) in [6.45, 7) is 0. The molecule has 1 unspecified atom stereocenters. The summed E-state index contributed by atoms with van der Waals surface area (Å²) >= 11 is 1.85. The quantitative estimate of drug-likeness (QED) is 0.805. The van der Waals surface area contributed by atoms with Crippen LogP contribution in [0.2, 0.25) is 0 Å².